The van der Waals surface area contributed by atoms with Gasteiger partial charge in [-0.25, -0.2) is 9.37 Å². The molecule has 3 fully saturated rings. The summed E-state index contributed by atoms with van der Waals surface area (Å²) >= 11 is 0. The molecule has 5 nitrogen and oxygen atoms in total. The third kappa shape index (κ3) is 3.01. The number of carbonyl (C=O) groups excluding carboxylic acids is 1. The van der Waals surface area contributed by atoms with Gasteiger partial charge in [-0.1, -0.05) is 0 Å². The van der Waals surface area contributed by atoms with Gasteiger partial charge in [-0.3, -0.25) is 4.79 Å². The van der Waals surface area contributed by atoms with Crippen LogP contribution in [0.25, 0.3) is 0 Å². The number of aliphatic hydroxyl groups excluding tert-OH is 1. The number of piperidine rings is 1. The number of halogens is 1. The van der Waals surface area contributed by atoms with Crippen molar-refractivity contribution in [3.05, 3.63) is 24.1 Å². The van der Waals surface area contributed by atoms with E-state index >= 15 is 0 Å². The number of likely N-dealkylation sites (tertiary alicyclic amines) is 1. The van der Waals surface area contributed by atoms with Crippen molar-refractivity contribution in [2.75, 3.05) is 24.5 Å². The Labute approximate surface area is 147 Å². The molecule has 1 atom stereocenters. The highest BCUT2D eigenvalue weighted by atomic mass is 19.1. The Morgan fingerprint density at radius 1 is 1.20 bits per heavy atom. The van der Waals surface area contributed by atoms with Crippen molar-refractivity contribution in [2.24, 2.45) is 5.41 Å². The first-order valence-corrected chi connectivity index (χ1v) is 9.44. The van der Waals surface area contributed by atoms with Crippen LogP contribution in [-0.2, 0) is 4.79 Å². The van der Waals surface area contributed by atoms with Gasteiger partial charge in [0.15, 0.2) is 11.6 Å². The molecule has 1 aliphatic carbocycles. The largest absolute Gasteiger partial charge is 0.393 e. The van der Waals surface area contributed by atoms with E-state index in [4.69, 9.17) is 0 Å². The monoisotopic (exact) mass is 347 g/mol. The van der Waals surface area contributed by atoms with Crippen molar-refractivity contribution in [3.63, 3.8) is 0 Å². The van der Waals surface area contributed by atoms with Gasteiger partial charge in [0.05, 0.1) is 11.5 Å². The Bertz CT molecular complexity index is 647. The van der Waals surface area contributed by atoms with Crippen LogP contribution in [0, 0.1) is 11.2 Å². The molecule has 2 aliphatic heterocycles. The van der Waals surface area contributed by atoms with E-state index in [0.29, 0.717) is 12.4 Å². The Kier molecular flexibility index (Phi) is 4.40. The average Bonchev–Trinajstić information content (AvgIpc) is 2.92. The molecule has 1 aromatic heterocycles. The first kappa shape index (κ1) is 16.8. The van der Waals surface area contributed by atoms with Crippen molar-refractivity contribution in [1.82, 2.24) is 9.88 Å². The van der Waals surface area contributed by atoms with E-state index in [1.165, 1.54) is 6.07 Å². The number of anilines is 1. The maximum absolute atomic E-state index is 14.1. The average molecular weight is 347 g/mol. The number of nitrogens with zero attached hydrogens (tertiary/aromatic N) is 3. The zero-order chi connectivity index (χ0) is 17.4. The van der Waals surface area contributed by atoms with E-state index in [9.17, 15) is 14.3 Å². The Morgan fingerprint density at radius 3 is 2.76 bits per heavy atom. The van der Waals surface area contributed by atoms with Crippen LogP contribution in [0.3, 0.4) is 0 Å². The van der Waals surface area contributed by atoms with Crippen molar-refractivity contribution < 1.29 is 14.3 Å². The smallest absolute Gasteiger partial charge is 0.230 e. The molecule has 6 heteroatoms. The van der Waals surface area contributed by atoms with Crippen LogP contribution < -0.4 is 4.90 Å². The van der Waals surface area contributed by atoms with Crippen molar-refractivity contribution in [1.29, 1.82) is 0 Å². The second-order valence-electron chi connectivity index (χ2n) is 7.83. The number of aliphatic hydroxyl groups is 1. The topological polar surface area (TPSA) is 56.7 Å². The fourth-order valence-corrected chi connectivity index (χ4v) is 4.87. The molecular weight excluding hydrogens is 321 g/mol. The van der Waals surface area contributed by atoms with Crippen molar-refractivity contribution in [2.45, 2.75) is 57.1 Å². The lowest BCUT2D eigenvalue weighted by Crippen LogP contribution is -2.50. The normalized spacial score (nSPS) is 33.3. The number of carbonyl (C=O) groups is 1. The van der Waals surface area contributed by atoms with Gasteiger partial charge >= 0.3 is 0 Å². The summed E-state index contributed by atoms with van der Waals surface area (Å²) in [6, 6.07) is 3.29. The maximum Gasteiger partial charge on any atom is 0.230 e. The predicted molar refractivity (Wildman–Crippen MR) is 92.7 cm³/mol. The zero-order valence-corrected chi connectivity index (χ0v) is 14.5. The fraction of sp³-hybridized carbons (Fsp3) is 0.684. The van der Waals surface area contributed by atoms with Crippen LogP contribution >= 0.6 is 0 Å². The molecular formula is C19H26FN3O2. The van der Waals surface area contributed by atoms with E-state index in [1.54, 1.807) is 12.3 Å². The number of aromatic nitrogens is 1. The van der Waals surface area contributed by atoms with Gasteiger partial charge in [0, 0.05) is 31.9 Å². The van der Waals surface area contributed by atoms with Crippen LogP contribution in [0.1, 0.15) is 44.9 Å². The highest BCUT2D eigenvalue weighted by molar-refractivity contribution is 5.86. The van der Waals surface area contributed by atoms with E-state index in [-0.39, 0.29) is 23.9 Å². The van der Waals surface area contributed by atoms with Gasteiger partial charge in [-0.2, -0.15) is 0 Å². The second-order valence-corrected chi connectivity index (χ2v) is 7.83. The Hall–Kier alpha value is -1.69. The summed E-state index contributed by atoms with van der Waals surface area (Å²) < 4.78 is 14.1. The van der Waals surface area contributed by atoms with Gasteiger partial charge in [-0.05, 0) is 57.1 Å². The number of hydrogen-bond donors (Lipinski definition) is 1. The van der Waals surface area contributed by atoms with Crippen LogP contribution in [0.5, 0.6) is 0 Å². The molecule has 1 amide bonds. The molecule has 136 valence electrons. The predicted octanol–water partition coefficient (Wildman–Crippen LogP) is 2.34. The first-order valence-electron chi connectivity index (χ1n) is 9.44. The summed E-state index contributed by atoms with van der Waals surface area (Å²) in [6.07, 6.45) is 7.36. The lowest BCUT2D eigenvalue weighted by Gasteiger charge is -2.41. The lowest BCUT2D eigenvalue weighted by atomic mass is 9.78. The quantitative estimate of drug-likeness (QED) is 0.892. The second kappa shape index (κ2) is 6.56. The molecule has 0 unspecified atom stereocenters. The Morgan fingerprint density at radius 2 is 2.00 bits per heavy atom. The molecule has 0 bridgehead atoms. The third-order valence-corrected chi connectivity index (χ3v) is 6.27. The van der Waals surface area contributed by atoms with E-state index in [0.717, 1.165) is 58.0 Å². The van der Waals surface area contributed by atoms with Crippen LogP contribution in [0.15, 0.2) is 18.3 Å². The summed E-state index contributed by atoms with van der Waals surface area (Å²) in [5.41, 5.74) is -0.391. The van der Waals surface area contributed by atoms with Crippen LogP contribution in [0.2, 0.25) is 0 Å². The molecule has 1 spiro atoms. The molecule has 1 aromatic rings. The summed E-state index contributed by atoms with van der Waals surface area (Å²) in [5.74, 6) is 0.284. The molecule has 4 rings (SSSR count). The van der Waals surface area contributed by atoms with Crippen LogP contribution in [0.4, 0.5) is 10.2 Å². The van der Waals surface area contributed by atoms with Gasteiger partial charge in [0.2, 0.25) is 5.91 Å². The maximum atomic E-state index is 14.1. The van der Waals surface area contributed by atoms with E-state index in [2.05, 4.69) is 4.98 Å². The Balaban J connectivity index is 1.50. The molecule has 0 aromatic carbocycles. The van der Waals surface area contributed by atoms with E-state index in [1.807, 2.05) is 9.80 Å². The van der Waals surface area contributed by atoms with Crippen molar-refractivity contribution in [3.8, 4) is 0 Å². The lowest BCUT2D eigenvalue weighted by molar-refractivity contribution is -0.139. The molecule has 2 saturated heterocycles. The SMILES string of the molecule is O=C1N(C2CCC(O)CC2)CC[C@@]12CCCN(c1ncccc1F)C2. The molecule has 3 aliphatic rings. The summed E-state index contributed by atoms with van der Waals surface area (Å²) in [6.45, 7) is 2.10. The summed E-state index contributed by atoms with van der Waals surface area (Å²) in [5, 5.41) is 9.71. The number of amides is 1. The fourth-order valence-electron chi connectivity index (χ4n) is 4.87. The number of pyridine rings is 1. The van der Waals surface area contributed by atoms with Gasteiger partial charge in [-0.15, -0.1) is 0 Å². The van der Waals surface area contributed by atoms with Gasteiger partial charge in [0.25, 0.3) is 0 Å². The number of hydrogen-bond acceptors (Lipinski definition) is 4. The highest BCUT2D eigenvalue weighted by Crippen LogP contribution is 2.43. The molecule has 0 radical (unpaired) electrons. The minimum absolute atomic E-state index is 0.208. The molecule has 1 saturated carbocycles. The van der Waals surface area contributed by atoms with Crippen LogP contribution in [-0.4, -0.2) is 52.7 Å². The minimum atomic E-state index is -0.391. The third-order valence-electron chi connectivity index (χ3n) is 6.27. The van der Waals surface area contributed by atoms with Crippen molar-refractivity contribution >= 4 is 11.7 Å². The highest BCUT2D eigenvalue weighted by Gasteiger charge is 2.51. The minimum Gasteiger partial charge on any atom is -0.393 e. The van der Waals surface area contributed by atoms with Gasteiger partial charge < -0.3 is 14.9 Å². The van der Waals surface area contributed by atoms with E-state index < -0.39 is 5.41 Å². The summed E-state index contributed by atoms with van der Waals surface area (Å²) in [7, 11) is 0. The molecule has 25 heavy (non-hydrogen) atoms. The summed E-state index contributed by atoms with van der Waals surface area (Å²) in [4.78, 5) is 21.4. The molecule has 1 N–H and O–H groups in total. The van der Waals surface area contributed by atoms with Gasteiger partial charge in [0.1, 0.15) is 0 Å². The standard InChI is InChI=1S/C19H26FN3O2/c20-16-3-1-10-21-17(16)22-11-2-8-19(13-22)9-12-23(18(19)25)14-4-6-15(24)7-5-14/h1,3,10,14-15,24H,2,4-9,11-13H2/t14?,15?,19-/m1/s1. The molecule has 3 heterocycles. The zero-order valence-electron chi connectivity index (χ0n) is 14.5. The first-order chi connectivity index (χ1) is 12.1. The number of rotatable bonds is 2.